The van der Waals surface area contributed by atoms with Gasteiger partial charge < -0.3 is 5.32 Å². The van der Waals surface area contributed by atoms with E-state index in [1.165, 1.54) is 11.3 Å². The van der Waals surface area contributed by atoms with Gasteiger partial charge in [0.25, 0.3) is 0 Å². The number of carbonyl (C=O) groups is 1. The van der Waals surface area contributed by atoms with Crippen molar-refractivity contribution in [1.82, 2.24) is 15.3 Å². The molecule has 2 rings (SSSR count). The predicted octanol–water partition coefficient (Wildman–Crippen LogP) is 1.77. The van der Waals surface area contributed by atoms with Crippen LogP contribution in [0, 0.1) is 6.92 Å². The first-order valence-electron chi connectivity index (χ1n) is 4.79. The van der Waals surface area contributed by atoms with Crippen LogP contribution in [-0.4, -0.2) is 15.9 Å². The van der Waals surface area contributed by atoms with Crippen LogP contribution in [0.5, 0.6) is 0 Å². The summed E-state index contributed by atoms with van der Waals surface area (Å²) in [4.78, 5) is 19.9. The van der Waals surface area contributed by atoms with E-state index >= 15 is 0 Å². The lowest BCUT2D eigenvalue weighted by molar-refractivity contribution is -0.120. The minimum absolute atomic E-state index is 0.0150. The average Bonchev–Trinajstić information content (AvgIpc) is 2.87. The molecule has 0 spiro atoms. The van der Waals surface area contributed by atoms with E-state index in [-0.39, 0.29) is 5.91 Å². The Balaban J connectivity index is 1.80. The molecular weight excluding hydrogens is 242 g/mol. The Labute approximate surface area is 101 Å². The largest absolute Gasteiger partial charge is 0.349 e. The molecule has 0 saturated heterocycles. The van der Waals surface area contributed by atoms with Crippen molar-refractivity contribution in [1.29, 1.82) is 0 Å². The molecule has 0 radical (unpaired) electrons. The Morgan fingerprint density at radius 3 is 3.00 bits per heavy atom. The van der Waals surface area contributed by atoms with Gasteiger partial charge in [-0.3, -0.25) is 4.79 Å². The maximum absolute atomic E-state index is 11.5. The smallest absolute Gasteiger partial charge is 0.226 e. The molecule has 0 aliphatic heterocycles. The molecule has 2 heterocycles. The highest BCUT2D eigenvalue weighted by molar-refractivity contribution is 7.09. The van der Waals surface area contributed by atoms with Gasteiger partial charge >= 0.3 is 0 Å². The predicted molar refractivity (Wildman–Crippen MR) is 64.5 cm³/mol. The molecule has 0 bridgehead atoms. The second-order valence-corrected chi connectivity index (χ2v) is 4.98. The zero-order chi connectivity index (χ0) is 11.4. The van der Waals surface area contributed by atoms with E-state index in [1.807, 2.05) is 17.7 Å². The molecule has 16 heavy (non-hydrogen) atoms. The van der Waals surface area contributed by atoms with Crippen molar-refractivity contribution < 1.29 is 4.79 Å². The molecule has 0 aliphatic carbocycles. The maximum Gasteiger partial charge on any atom is 0.226 e. The highest BCUT2D eigenvalue weighted by Crippen LogP contribution is 2.08. The summed E-state index contributed by atoms with van der Waals surface area (Å²) >= 11 is 3.06. The summed E-state index contributed by atoms with van der Waals surface area (Å²) in [6.45, 7) is 2.44. The number of aromatic nitrogens is 2. The second kappa shape index (κ2) is 5.18. The lowest BCUT2D eigenvalue weighted by Crippen LogP contribution is -2.24. The van der Waals surface area contributed by atoms with E-state index in [0.29, 0.717) is 13.0 Å². The molecule has 2 aromatic heterocycles. The summed E-state index contributed by atoms with van der Waals surface area (Å²) in [6, 6.07) is 0. The van der Waals surface area contributed by atoms with Crippen molar-refractivity contribution >= 4 is 28.6 Å². The van der Waals surface area contributed by atoms with Crippen LogP contribution in [0.4, 0.5) is 0 Å². The summed E-state index contributed by atoms with van der Waals surface area (Å²) in [5, 5.41) is 7.61. The van der Waals surface area contributed by atoms with Crippen molar-refractivity contribution in [2.24, 2.45) is 0 Å². The monoisotopic (exact) mass is 253 g/mol. The first-order chi connectivity index (χ1) is 7.74. The minimum atomic E-state index is -0.0150. The fourth-order valence-electron chi connectivity index (χ4n) is 1.21. The van der Waals surface area contributed by atoms with Crippen LogP contribution in [-0.2, 0) is 17.8 Å². The summed E-state index contributed by atoms with van der Waals surface area (Å²) in [7, 11) is 0. The second-order valence-electron chi connectivity index (χ2n) is 3.32. The van der Waals surface area contributed by atoms with Gasteiger partial charge in [-0.1, -0.05) is 0 Å². The van der Waals surface area contributed by atoms with Crippen LogP contribution in [0.15, 0.2) is 16.3 Å². The van der Waals surface area contributed by atoms with E-state index in [2.05, 4.69) is 15.3 Å². The van der Waals surface area contributed by atoms with Gasteiger partial charge in [-0.15, -0.1) is 22.7 Å². The number of rotatable bonds is 4. The molecule has 0 aliphatic rings. The lowest BCUT2D eigenvalue weighted by Gasteiger charge is -2.00. The summed E-state index contributed by atoms with van der Waals surface area (Å²) in [5.74, 6) is -0.0150. The van der Waals surface area contributed by atoms with Crippen molar-refractivity contribution in [2.45, 2.75) is 19.9 Å². The van der Waals surface area contributed by atoms with E-state index < -0.39 is 0 Å². The molecule has 0 saturated carbocycles. The number of amides is 1. The van der Waals surface area contributed by atoms with E-state index in [1.54, 1.807) is 16.8 Å². The number of carbonyl (C=O) groups excluding carboxylic acids is 1. The normalized spacial score (nSPS) is 10.3. The van der Waals surface area contributed by atoms with Gasteiger partial charge in [0.2, 0.25) is 5.91 Å². The zero-order valence-electron chi connectivity index (χ0n) is 8.77. The molecule has 1 amide bonds. The fraction of sp³-hybridized carbons (Fsp3) is 0.300. The summed E-state index contributed by atoms with van der Waals surface area (Å²) in [6.07, 6.45) is 0.341. The van der Waals surface area contributed by atoms with Crippen molar-refractivity contribution in [3.8, 4) is 0 Å². The molecule has 6 heteroatoms. The lowest BCUT2D eigenvalue weighted by atomic mass is 10.3. The van der Waals surface area contributed by atoms with Crippen LogP contribution in [0.2, 0.25) is 0 Å². The number of hydrogen-bond acceptors (Lipinski definition) is 5. The van der Waals surface area contributed by atoms with Gasteiger partial charge in [-0.25, -0.2) is 9.97 Å². The Kier molecular flexibility index (Phi) is 3.63. The van der Waals surface area contributed by atoms with Gasteiger partial charge in [-0.2, -0.15) is 0 Å². The standard InChI is InChI=1S/C10H11N3OS2/c1-7-4-16-10(13-7)3-11-9(14)2-8-5-15-6-12-8/h4-6H,2-3H2,1H3,(H,11,14). The Morgan fingerprint density at radius 2 is 2.38 bits per heavy atom. The third-order valence-corrected chi connectivity index (χ3v) is 3.53. The van der Waals surface area contributed by atoms with Gasteiger partial charge in [0, 0.05) is 16.5 Å². The third-order valence-electron chi connectivity index (χ3n) is 1.93. The van der Waals surface area contributed by atoms with E-state index in [4.69, 9.17) is 0 Å². The number of nitrogens with one attached hydrogen (secondary N) is 1. The van der Waals surface area contributed by atoms with Crippen LogP contribution in [0.3, 0.4) is 0 Å². The van der Waals surface area contributed by atoms with Gasteiger partial charge in [0.15, 0.2) is 0 Å². The van der Waals surface area contributed by atoms with Crippen LogP contribution < -0.4 is 5.32 Å². The number of hydrogen-bond donors (Lipinski definition) is 1. The quantitative estimate of drug-likeness (QED) is 0.903. The van der Waals surface area contributed by atoms with Crippen LogP contribution in [0.1, 0.15) is 16.4 Å². The molecule has 1 N–H and O–H groups in total. The topological polar surface area (TPSA) is 54.9 Å². The Hall–Kier alpha value is -1.27. The van der Waals surface area contributed by atoms with E-state index in [0.717, 1.165) is 16.4 Å². The van der Waals surface area contributed by atoms with Gasteiger partial charge in [-0.05, 0) is 6.92 Å². The molecule has 0 atom stereocenters. The van der Waals surface area contributed by atoms with Crippen molar-refractivity contribution in [3.63, 3.8) is 0 Å². The highest BCUT2D eigenvalue weighted by Gasteiger charge is 2.05. The molecule has 84 valence electrons. The molecule has 4 nitrogen and oxygen atoms in total. The third kappa shape index (κ3) is 3.11. The SMILES string of the molecule is Cc1csc(CNC(=O)Cc2cscn2)n1. The summed E-state index contributed by atoms with van der Waals surface area (Å²) in [5.41, 5.74) is 3.54. The average molecular weight is 253 g/mol. The number of nitrogens with zero attached hydrogens (tertiary/aromatic N) is 2. The maximum atomic E-state index is 11.5. The Bertz CT molecular complexity index is 464. The first kappa shape index (κ1) is 11.2. The van der Waals surface area contributed by atoms with Gasteiger partial charge in [0.05, 0.1) is 24.2 Å². The molecule has 0 aromatic carbocycles. The molecular formula is C10H11N3OS2. The summed E-state index contributed by atoms with van der Waals surface area (Å²) < 4.78 is 0. The van der Waals surface area contributed by atoms with Crippen molar-refractivity contribution in [3.05, 3.63) is 32.7 Å². The van der Waals surface area contributed by atoms with Gasteiger partial charge in [0.1, 0.15) is 5.01 Å². The van der Waals surface area contributed by atoms with Crippen molar-refractivity contribution in [2.75, 3.05) is 0 Å². The van der Waals surface area contributed by atoms with Crippen LogP contribution >= 0.6 is 22.7 Å². The highest BCUT2D eigenvalue weighted by atomic mass is 32.1. The Morgan fingerprint density at radius 1 is 1.50 bits per heavy atom. The number of aryl methyl sites for hydroxylation is 1. The fourth-order valence-corrected chi connectivity index (χ4v) is 2.48. The minimum Gasteiger partial charge on any atom is -0.349 e. The zero-order valence-corrected chi connectivity index (χ0v) is 10.4. The molecule has 2 aromatic rings. The van der Waals surface area contributed by atoms with E-state index in [9.17, 15) is 4.79 Å². The molecule has 0 fully saturated rings. The number of thiazole rings is 2. The molecule has 0 unspecified atom stereocenters. The first-order valence-corrected chi connectivity index (χ1v) is 6.61. The van der Waals surface area contributed by atoms with Crippen LogP contribution in [0.25, 0.3) is 0 Å².